The van der Waals surface area contributed by atoms with E-state index < -0.39 is 113 Å². The van der Waals surface area contributed by atoms with Crippen molar-refractivity contribution >= 4 is 132 Å². The van der Waals surface area contributed by atoms with Gasteiger partial charge in [0, 0.05) is 65.2 Å². The van der Waals surface area contributed by atoms with Gasteiger partial charge in [-0.05, 0) is 208 Å². The van der Waals surface area contributed by atoms with E-state index in [1.54, 1.807) is 79.9 Å². The Morgan fingerprint density at radius 2 is 1.46 bits per heavy atom. The van der Waals surface area contributed by atoms with Crippen molar-refractivity contribution in [2.45, 2.75) is 227 Å². The van der Waals surface area contributed by atoms with E-state index in [0.717, 1.165) is 4.90 Å². The number of esters is 3. The molecule has 3 heterocycles. The number of carbonyl (C=O) groups is 9. The van der Waals surface area contributed by atoms with Gasteiger partial charge in [-0.2, -0.15) is 0 Å². The molecule has 21 nitrogen and oxygen atoms in total. The van der Waals surface area contributed by atoms with Crippen LogP contribution in [0, 0.1) is 51.6 Å². The quantitative estimate of drug-likeness (QED) is 0.0272. The molecule has 1 saturated carbocycles. The van der Waals surface area contributed by atoms with Gasteiger partial charge >= 0.3 is 17.9 Å². The van der Waals surface area contributed by atoms with E-state index >= 15 is 0 Å². The maximum Gasteiger partial charge on any atom is 0.340 e. The number of ketones is 3. The van der Waals surface area contributed by atoms with Gasteiger partial charge in [0.25, 0.3) is 11.7 Å². The summed E-state index contributed by atoms with van der Waals surface area (Å²) < 4.78 is 37.4. The van der Waals surface area contributed by atoms with Crippen LogP contribution in [0.4, 0.5) is 11.4 Å². The van der Waals surface area contributed by atoms with E-state index in [0.29, 0.717) is 110 Å². The Hall–Kier alpha value is -4.04. The van der Waals surface area contributed by atoms with Crippen LogP contribution in [0.1, 0.15) is 183 Å². The molecule has 93 heavy (non-hydrogen) atoms. The van der Waals surface area contributed by atoms with Crippen LogP contribution >= 0.6 is 67.8 Å². The van der Waals surface area contributed by atoms with Crippen LogP contribution in [-0.4, -0.2) is 155 Å². The van der Waals surface area contributed by atoms with E-state index in [2.05, 4.69) is 10.6 Å². The van der Waals surface area contributed by atoms with E-state index in [1.807, 2.05) is 93.8 Å². The molecular formula is C69H98I3N3O18. The van der Waals surface area contributed by atoms with Gasteiger partial charge in [-0.3, -0.25) is 33.6 Å². The number of nitrogens with zero attached hydrogens (tertiary/aromatic N) is 1. The predicted octanol–water partition coefficient (Wildman–Crippen LogP) is 10.9. The van der Waals surface area contributed by atoms with Gasteiger partial charge in [0.1, 0.15) is 36.2 Å². The molecule has 0 aromatic heterocycles. The summed E-state index contributed by atoms with van der Waals surface area (Å²) in [6.07, 6.45) is 9.46. The summed E-state index contributed by atoms with van der Waals surface area (Å²) in [4.78, 5) is 125. The summed E-state index contributed by atoms with van der Waals surface area (Å²) in [5, 5.41) is 40.4. The van der Waals surface area contributed by atoms with Crippen molar-refractivity contribution in [2.75, 3.05) is 38.0 Å². The van der Waals surface area contributed by atoms with Crippen LogP contribution < -0.4 is 10.6 Å². The van der Waals surface area contributed by atoms with Crippen molar-refractivity contribution in [2.24, 2.45) is 40.9 Å². The lowest BCUT2D eigenvalue weighted by molar-refractivity contribution is -0.265. The Morgan fingerprint density at radius 3 is 2.09 bits per heavy atom. The monoisotopic (exact) mass is 1640 g/mol. The first-order chi connectivity index (χ1) is 43.7. The highest BCUT2D eigenvalue weighted by Crippen LogP contribution is 2.41. The molecule has 1 aliphatic carbocycles. The minimum atomic E-state index is -2.54. The molecule has 24 heteroatoms. The normalized spacial score (nSPS) is 31.7. The number of methoxy groups -OCH3 is 2. The number of rotatable bonds is 15. The predicted molar refractivity (Wildman–Crippen MR) is 375 cm³/mol. The molecule has 5 rings (SSSR count). The third-order valence-corrected chi connectivity index (χ3v) is 21.8. The van der Waals surface area contributed by atoms with E-state index in [1.165, 1.54) is 21.0 Å². The van der Waals surface area contributed by atoms with Gasteiger partial charge in [0.15, 0.2) is 5.78 Å². The molecular weight excluding hydrogens is 1540 g/mol. The van der Waals surface area contributed by atoms with Crippen LogP contribution in [0.25, 0.3) is 0 Å². The number of halogens is 3. The van der Waals surface area contributed by atoms with Gasteiger partial charge in [-0.15, -0.1) is 0 Å². The van der Waals surface area contributed by atoms with Crippen molar-refractivity contribution in [3.8, 4) is 0 Å². The van der Waals surface area contributed by atoms with Gasteiger partial charge in [0.05, 0.1) is 58.0 Å². The molecule has 0 spiro atoms. The molecule has 0 radical (unpaired) electrons. The number of ether oxygens (including phenoxy) is 6. The number of aliphatic hydroxyl groups is 3. The number of Topliss-reactive ketones (excluding diaryl/α,β-unsaturated/α-hetero) is 3. The molecule has 2 saturated heterocycles. The lowest BCUT2D eigenvalue weighted by Gasteiger charge is -2.42. The van der Waals surface area contributed by atoms with Gasteiger partial charge in [-0.25, -0.2) is 9.59 Å². The Morgan fingerprint density at radius 1 is 0.806 bits per heavy atom. The smallest absolute Gasteiger partial charge is 0.340 e. The number of anilines is 2. The lowest BCUT2D eigenvalue weighted by Crippen LogP contribution is -2.61. The summed E-state index contributed by atoms with van der Waals surface area (Å²) in [7, 11) is 2.90. The van der Waals surface area contributed by atoms with Crippen molar-refractivity contribution in [3.05, 3.63) is 63.9 Å². The van der Waals surface area contributed by atoms with Crippen LogP contribution in [0.3, 0.4) is 0 Å². The summed E-state index contributed by atoms with van der Waals surface area (Å²) in [6.45, 7) is 18.6. The number of fused-ring (bicyclic) bond motifs is 3. The summed E-state index contributed by atoms with van der Waals surface area (Å²) in [6, 6.07) is -1.24. The minimum Gasteiger partial charge on any atom is -0.462 e. The standard InChI is InChI=1S/C69H98I3N3O18/c1-37-21-15-14-16-22-38(2)49(78)35-47-26-24-43(7)69(87,93-47)63(82)64(83)75-29-19-17-23-48(75)65(84)91-52(36-50(79)39(3)32-42(6)61(81)62(89-13)60(80)41(5)31-37)40(4)33-46-25-27-51(53(34-46)88-12)92-67(86)68(10,11)28-18-20-30-90-66(85)54-55(70)58(73-44(8)76)57(72)59(56(54)71)74-45(9)77/h14-16,21-22,32,37,39-41,43,46-49,51-53,61-62,78,81,87H,17-20,23-31,33-36H2,1-13H3,(H,73,76)(H,74,77)/b16-14+,21-15+,38-22+,42-32+/t37-,39-,40-,41-,43-,46+,47+,48+,49+,51-,52+,53-,61-,62+,69-/m1/s1. The van der Waals surface area contributed by atoms with Crippen LogP contribution in [0.15, 0.2) is 47.6 Å². The molecule has 0 unspecified atom stereocenters. The number of unbranched alkanes of at least 4 members (excludes halogenated alkanes) is 1. The Kier molecular flexibility index (Phi) is 31.3. The van der Waals surface area contributed by atoms with Crippen molar-refractivity contribution < 1.29 is 86.9 Å². The molecule has 518 valence electrons. The fourth-order valence-corrected chi connectivity index (χ4v) is 16.8. The Labute approximate surface area is 589 Å². The molecule has 3 fully saturated rings. The first-order valence-corrected chi connectivity index (χ1v) is 35.7. The van der Waals surface area contributed by atoms with Crippen molar-refractivity contribution in [1.29, 1.82) is 0 Å². The zero-order valence-electron chi connectivity index (χ0n) is 56.1. The first kappa shape index (κ1) is 79.6. The van der Waals surface area contributed by atoms with Crippen molar-refractivity contribution in [1.82, 2.24) is 4.90 Å². The molecule has 1 aromatic rings. The SMILES string of the molecule is CO[C@@H]1C[C@H](C[C@@H](C)[C@@H]2CC(=O)[C@H](C)/C=C(\C)[C@@H](O)[C@@H](OC)C(=O)[C@H](C)C[C@H](C)/C=C/C=C/C=C(\C)[C@@H](O)C[C@@H]3CC[C@@H](C)[C@@](O)(O3)C(=O)C(=O)N3CCCC[C@H]3C(=O)O2)CC[C@H]1OC(=O)C(C)(C)CCCCOC(=O)c1c(I)c(NC(C)=O)c(I)c(NC(C)=O)c1I. The minimum absolute atomic E-state index is 0.0121. The molecule has 1 aromatic carbocycles. The molecule has 5 N–H and O–H groups in total. The molecule has 4 aliphatic rings. The van der Waals surface area contributed by atoms with Gasteiger partial charge in [-0.1, -0.05) is 71.1 Å². The number of hydrogen-bond acceptors (Lipinski definition) is 18. The Balaban J connectivity index is 1.32. The third kappa shape index (κ3) is 21.7. The number of allylic oxidation sites excluding steroid dienone is 6. The highest BCUT2D eigenvalue weighted by atomic mass is 127. The number of benzene rings is 1. The second-order valence-electron chi connectivity index (χ2n) is 26.7. The number of amides is 3. The fourth-order valence-electron chi connectivity index (χ4n) is 12.7. The number of nitrogens with one attached hydrogen (secondary N) is 2. The highest BCUT2D eigenvalue weighted by Gasteiger charge is 2.53. The maximum absolute atomic E-state index is 14.7. The largest absolute Gasteiger partial charge is 0.462 e. The number of cyclic esters (lactones) is 1. The van der Waals surface area contributed by atoms with Crippen LogP contribution in [-0.2, 0) is 66.8 Å². The van der Waals surface area contributed by atoms with Crippen LogP contribution in [0.5, 0.6) is 0 Å². The van der Waals surface area contributed by atoms with Crippen LogP contribution in [0.2, 0.25) is 0 Å². The summed E-state index contributed by atoms with van der Waals surface area (Å²) in [5.41, 5.74) is 0.960. The summed E-state index contributed by atoms with van der Waals surface area (Å²) >= 11 is 5.97. The van der Waals surface area contributed by atoms with E-state index in [4.69, 9.17) is 28.4 Å². The second-order valence-corrected chi connectivity index (χ2v) is 29.9. The average molecular weight is 1640 g/mol. The number of hydrogen-bond donors (Lipinski definition) is 5. The fraction of sp³-hybridized carbons (Fsp3) is 0.667. The topological polar surface area (TPSA) is 297 Å². The first-order valence-electron chi connectivity index (χ1n) is 32.4. The highest BCUT2D eigenvalue weighted by molar-refractivity contribution is 14.1. The molecule has 2 bridgehead atoms. The van der Waals surface area contributed by atoms with Gasteiger partial charge in [0.2, 0.25) is 17.6 Å². The molecule has 3 amide bonds. The zero-order valence-corrected chi connectivity index (χ0v) is 62.6. The van der Waals surface area contributed by atoms with E-state index in [9.17, 15) is 58.5 Å². The Bertz CT molecular complexity index is 2960. The second kappa shape index (κ2) is 36.5. The number of carbonyl (C=O) groups excluding carboxylic acids is 9. The molecule has 3 aliphatic heterocycles. The number of piperidine rings is 1. The zero-order chi connectivity index (χ0) is 69.4. The average Bonchev–Trinajstić information content (AvgIpc) is 0.820. The molecule has 15 atom stereocenters. The summed E-state index contributed by atoms with van der Waals surface area (Å²) in [5.74, 6) is -10.8. The number of aliphatic hydroxyl groups excluding tert-OH is 2. The maximum atomic E-state index is 14.7. The lowest BCUT2D eigenvalue weighted by atomic mass is 9.78. The van der Waals surface area contributed by atoms with Gasteiger partial charge < -0.3 is 59.3 Å². The van der Waals surface area contributed by atoms with Crippen molar-refractivity contribution in [3.63, 3.8) is 0 Å². The third-order valence-electron chi connectivity index (χ3n) is 18.6. The van der Waals surface area contributed by atoms with E-state index in [-0.39, 0.29) is 73.2 Å².